The number of nitrogens with one attached hydrogen (secondary N) is 1. The molecule has 3 aromatic rings. The van der Waals surface area contributed by atoms with E-state index in [1.165, 1.54) is 0 Å². The number of benzene rings is 1. The number of methoxy groups -OCH3 is 2. The molecule has 25 heavy (non-hydrogen) atoms. The molecule has 3 rings (SSSR count). The molecule has 0 aliphatic rings. The third-order valence-electron chi connectivity index (χ3n) is 3.83. The summed E-state index contributed by atoms with van der Waals surface area (Å²) in [6, 6.07) is 7.75. The van der Waals surface area contributed by atoms with Crippen LogP contribution in [0.4, 0.5) is 11.8 Å². The van der Waals surface area contributed by atoms with Gasteiger partial charge >= 0.3 is 0 Å². The fourth-order valence-corrected chi connectivity index (χ4v) is 2.58. The number of fused-ring (bicyclic) bond motifs is 1. The van der Waals surface area contributed by atoms with E-state index in [1.54, 1.807) is 20.4 Å². The maximum absolute atomic E-state index is 5.78. The summed E-state index contributed by atoms with van der Waals surface area (Å²) in [7, 11) is 3.23. The van der Waals surface area contributed by atoms with Gasteiger partial charge in [-0.2, -0.15) is 9.97 Å². The van der Waals surface area contributed by atoms with Gasteiger partial charge in [-0.3, -0.25) is 0 Å². The van der Waals surface area contributed by atoms with Crippen LogP contribution in [-0.4, -0.2) is 35.7 Å². The van der Waals surface area contributed by atoms with Crippen molar-refractivity contribution >= 4 is 22.8 Å². The van der Waals surface area contributed by atoms with E-state index in [0.29, 0.717) is 23.0 Å². The number of aromatic nitrogens is 3. The molecule has 0 bridgehead atoms. The number of nitrogens with two attached hydrogens (primary N) is 1. The second-order valence-corrected chi connectivity index (χ2v) is 5.52. The van der Waals surface area contributed by atoms with Crippen LogP contribution >= 0.6 is 0 Å². The number of anilines is 2. The van der Waals surface area contributed by atoms with E-state index in [1.807, 2.05) is 24.3 Å². The molecular formula is C18H21N5O2. The molecule has 2 heterocycles. The molecule has 3 N–H and O–H groups in total. The average molecular weight is 339 g/mol. The van der Waals surface area contributed by atoms with Gasteiger partial charge in [0.2, 0.25) is 5.95 Å². The first-order valence-electron chi connectivity index (χ1n) is 8.05. The Morgan fingerprint density at radius 1 is 1.04 bits per heavy atom. The summed E-state index contributed by atoms with van der Waals surface area (Å²) in [6.07, 6.45) is 2.74. The van der Waals surface area contributed by atoms with Crippen LogP contribution in [0, 0.1) is 0 Å². The van der Waals surface area contributed by atoms with Gasteiger partial charge in [-0.05, 0) is 30.2 Å². The largest absolute Gasteiger partial charge is 0.493 e. The van der Waals surface area contributed by atoms with Crippen LogP contribution < -0.4 is 20.5 Å². The number of rotatable bonds is 6. The van der Waals surface area contributed by atoms with Crippen LogP contribution in [0.2, 0.25) is 0 Å². The molecular weight excluding hydrogens is 318 g/mol. The molecule has 0 spiro atoms. The van der Waals surface area contributed by atoms with Crippen molar-refractivity contribution in [2.45, 2.75) is 13.3 Å². The predicted octanol–water partition coefficient (Wildman–Crippen LogP) is 3.11. The van der Waals surface area contributed by atoms with E-state index in [9.17, 15) is 0 Å². The molecule has 130 valence electrons. The van der Waals surface area contributed by atoms with E-state index in [-0.39, 0.29) is 5.95 Å². The maximum atomic E-state index is 5.78. The fourth-order valence-electron chi connectivity index (χ4n) is 2.58. The van der Waals surface area contributed by atoms with E-state index >= 15 is 0 Å². The molecule has 0 atom stereocenters. The van der Waals surface area contributed by atoms with Crippen LogP contribution in [0.25, 0.3) is 22.2 Å². The fraction of sp³-hybridized carbons (Fsp3) is 0.278. The van der Waals surface area contributed by atoms with Gasteiger partial charge in [-0.1, -0.05) is 13.0 Å². The van der Waals surface area contributed by atoms with Crippen molar-refractivity contribution in [1.29, 1.82) is 0 Å². The summed E-state index contributed by atoms with van der Waals surface area (Å²) in [5.74, 6) is 2.25. The minimum absolute atomic E-state index is 0.206. The summed E-state index contributed by atoms with van der Waals surface area (Å²) >= 11 is 0. The van der Waals surface area contributed by atoms with E-state index in [2.05, 4.69) is 27.2 Å². The van der Waals surface area contributed by atoms with Crippen molar-refractivity contribution in [2.75, 3.05) is 31.8 Å². The van der Waals surface area contributed by atoms with Gasteiger partial charge in [0, 0.05) is 18.3 Å². The quantitative estimate of drug-likeness (QED) is 0.712. The number of ether oxygens (including phenoxy) is 2. The second-order valence-electron chi connectivity index (χ2n) is 5.52. The van der Waals surface area contributed by atoms with Crippen molar-refractivity contribution < 1.29 is 9.47 Å². The third kappa shape index (κ3) is 3.40. The Hall–Kier alpha value is -3.09. The third-order valence-corrected chi connectivity index (χ3v) is 3.83. The van der Waals surface area contributed by atoms with Gasteiger partial charge in [0.1, 0.15) is 5.82 Å². The highest BCUT2D eigenvalue weighted by molar-refractivity contribution is 5.90. The number of nitrogen functional groups attached to an aromatic ring is 1. The number of nitrogens with zero attached hydrogens (tertiary/aromatic N) is 3. The van der Waals surface area contributed by atoms with Crippen molar-refractivity contribution in [1.82, 2.24) is 15.0 Å². The Morgan fingerprint density at radius 3 is 2.56 bits per heavy atom. The average Bonchev–Trinajstić information content (AvgIpc) is 2.65. The monoisotopic (exact) mass is 339 g/mol. The maximum Gasteiger partial charge on any atom is 0.224 e. The molecule has 0 fully saturated rings. The number of hydrogen-bond acceptors (Lipinski definition) is 7. The number of pyridine rings is 1. The second kappa shape index (κ2) is 7.21. The Labute approximate surface area is 146 Å². The van der Waals surface area contributed by atoms with Crippen molar-refractivity contribution in [3.05, 3.63) is 30.5 Å². The first-order chi connectivity index (χ1) is 12.2. The topological polar surface area (TPSA) is 95.2 Å². The first kappa shape index (κ1) is 16.8. The minimum Gasteiger partial charge on any atom is -0.493 e. The van der Waals surface area contributed by atoms with Gasteiger partial charge in [0.15, 0.2) is 17.1 Å². The molecule has 0 saturated carbocycles. The summed E-state index contributed by atoms with van der Waals surface area (Å²) in [5.41, 5.74) is 8.24. The molecule has 0 saturated heterocycles. The van der Waals surface area contributed by atoms with Crippen LogP contribution in [0.5, 0.6) is 11.5 Å². The van der Waals surface area contributed by atoms with Crippen molar-refractivity contribution in [2.24, 2.45) is 0 Å². The molecule has 2 aromatic heterocycles. The zero-order valence-corrected chi connectivity index (χ0v) is 14.5. The molecule has 7 heteroatoms. The predicted molar refractivity (Wildman–Crippen MR) is 99.1 cm³/mol. The lowest BCUT2D eigenvalue weighted by Gasteiger charge is -2.11. The molecule has 0 radical (unpaired) electrons. The summed E-state index contributed by atoms with van der Waals surface area (Å²) < 4.78 is 10.7. The standard InChI is InChI=1S/C18H21N5O2/c1-4-7-20-16-13-8-12(10-21-17(13)23-18(19)22-16)11-5-6-14(24-2)15(9-11)25-3/h5-6,8-10H,4,7H2,1-3H3,(H3,19,20,21,22,23). The molecule has 1 aromatic carbocycles. The Morgan fingerprint density at radius 2 is 1.84 bits per heavy atom. The lowest BCUT2D eigenvalue weighted by molar-refractivity contribution is 0.355. The van der Waals surface area contributed by atoms with Gasteiger partial charge in [-0.15, -0.1) is 0 Å². The first-order valence-corrected chi connectivity index (χ1v) is 8.05. The molecule has 7 nitrogen and oxygen atoms in total. The van der Waals surface area contributed by atoms with Crippen LogP contribution in [-0.2, 0) is 0 Å². The lowest BCUT2D eigenvalue weighted by atomic mass is 10.1. The van der Waals surface area contributed by atoms with E-state index in [0.717, 1.165) is 29.5 Å². The normalized spacial score (nSPS) is 10.7. The van der Waals surface area contributed by atoms with E-state index in [4.69, 9.17) is 15.2 Å². The Kier molecular flexibility index (Phi) is 4.83. The zero-order valence-electron chi connectivity index (χ0n) is 14.5. The van der Waals surface area contributed by atoms with Crippen molar-refractivity contribution in [3.63, 3.8) is 0 Å². The summed E-state index contributed by atoms with van der Waals surface area (Å²) in [5, 5.41) is 4.11. The minimum atomic E-state index is 0.206. The molecule has 0 aliphatic carbocycles. The lowest BCUT2D eigenvalue weighted by Crippen LogP contribution is -2.06. The SMILES string of the molecule is CCCNc1nc(N)nc2ncc(-c3ccc(OC)c(OC)c3)cc12. The highest BCUT2D eigenvalue weighted by atomic mass is 16.5. The number of hydrogen-bond donors (Lipinski definition) is 2. The van der Waals surface area contributed by atoms with Gasteiger partial charge in [0.25, 0.3) is 0 Å². The highest BCUT2D eigenvalue weighted by Gasteiger charge is 2.11. The smallest absolute Gasteiger partial charge is 0.224 e. The summed E-state index contributed by atoms with van der Waals surface area (Å²) in [4.78, 5) is 13.0. The van der Waals surface area contributed by atoms with Crippen LogP contribution in [0.1, 0.15) is 13.3 Å². The molecule has 0 aliphatic heterocycles. The Bertz CT molecular complexity index is 898. The molecule has 0 amide bonds. The summed E-state index contributed by atoms with van der Waals surface area (Å²) in [6.45, 7) is 2.89. The highest BCUT2D eigenvalue weighted by Crippen LogP contribution is 2.33. The van der Waals surface area contributed by atoms with Crippen LogP contribution in [0.15, 0.2) is 30.5 Å². The van der Waals surface area contributed by atoms with Gasteiger partial charge in [0.05, 0.1) is 19.6 Å². The Balaban J connectivity index is 2.10. The van der Waals surface area contributed by atoms with Crippen molar-refractivity contribution in [3.8, 4) is 22.6 Å². The van der Waals surface area contributed by atoms with Gasteiger partial charge < -0.3 is 20.5 Å². The van der Waals surface area contributed by atoms with Crippen LogP contribution in [0.3, 0.4) is 0 Å². The zero-order chi connectivity index (χ0) is 17.8. The van der Waals surface area contributed by atoms with E-state index < -0.39 is 0 Å². The molecule has 0 unspecified atom stereocenters. The van der Waals surface area contributed by atoms with Gasteiger partial charge in [-0.25, -0.2) is 4.98 Å².